The SMILES string of the molecule is C[CH]C.[Br][Mg][Br].[Li][Cl]. The van der Waals surface area contributed by atoms with E-state index in [-0.39, 0.29) is 16.0 Å². The molecule has 0 unspecified atom stereocenters. The fourth-order valence-corrected chi connectivity index (χ4v) is 0. The molecule has 8 heavy (non-hydrogen) atoms. The van der Waals surface area contributed by atoms with Crippen LogP contribution >= 0.6 is 35.6 Å². The molecule has 0 aliphatic heterocycles. The zero-order valence-electron chi connectivity index (χ0n) is 5.42. The molecule has 0 aromatic heterocycles. The molecule has 0 bridgehead atoms. The molecule has 0 atom stereocenters. The number of hydrogen-bond acceptors (Lipinski definition) is 0. The van der Waals surface area contributed by atoms with Crippen LogP contribution in [0.5, 0.6) is 0 Å². The standard InChI is InChI=1S/C3H7.2BrH.ClH.Li.Mg/c1-3-2;;;;;/h3H,1-2H3;3*1H;;/q;;;;+1;+2/p-3. The molecule has 0 aliphatic rings. The first kappa shape index (κ1) is 16.9. The van der Waals surface area contributed by atoms with Gasteiger partial charge in [0, 0.05) is 0 Å². The zero-order valence-corrected chi connectivity index (χ0v) is 10.8. The summed E-state index contributed by atoms with van der Waals surface area (Å²) in [4.78, 5) is 0. The zero-order chi connectivity index (χ0) is 7.41. The van der Waals surface area contributed by atoms with E-state index in [1.807, 2.05) is 20.3 Å². The van der Waals surface area contributed by atoms with Crippen LogP contribution in [-0.2, 0) is 0 Å². The third-order valence-electron chi connectivity index (χ3n) is 0. The van der Waals surface area contributed by atoms with Gasteiger partial charge in [0.05, 0.1) is 0 Å². The minimum absolute atomic E-state index is 0.0417. The van der Waals surface area contributed by atoms with Crippen molar-refractivity contribution < 1.29 is 0 Å². The Bertz CT molecular complexity index is 19.2. The van der Waals surface area contributed by atoms with Crippen LogP contribution in [0.3, 0.4) is 0 Å². The second-order valence-corrected chi connectivity index (χ2v) is 8.76. The minimum atomic E-state index is 0.0417. The van der Waals surface area contributed by atoms with Crippen molar-refractivity contribution in [3.05, 3.63) is 6.42 Å². The predicted molar refractivity (Wildman–Crippen MR) is 50.9 cm³/mol. The van der Waals surface area contributed by atoms with Crippen LogP contribution in [0, 0.1) is 6.42 Å². The Morgan fingerprint density at radius 2 is 1.38 bits per heavy atom. The van der Waals surface area contributed by atoms with E-state index in [4.69, 9.17) is 0 Å². The third kappa shape index (κ3) is 73.1. The van der Waals surface area contributed by atoms with Gasteiger partial charge < -0.3 is 0 Å². The van der Waals surface area contributed by atoms with Crippen molar-refractivity contribution in [2.24, 2.45) is 0 Å². The summed E-state index contributed by atoms with van der Waals surface area (Å²) in [7, 11) is 4.64. The van der Waals surface area contributed by atoms with E-state index in [1.165, 1.54) is 16.7 Å². The fraction of sp³-hybridized carbons (Fsp3) is 0.667. The Morgan fingerprint density at radius 1 is 1.38 bits per heavy atom. The van der Waals surface area contributed by atoms with E-state index in [2.05, 4.69) is 35.6 Å². The second-order valence-electron chi connectivity index (χ2n) is 0.678. The molecule has 0 rings (SSSR count). The summed E-state index contributed by atoms with van der Waals surface area (Å²) >= 11 is 7.92. The van der Waals surface area contributed by atoms with Gasteiger partial charge in [0.15, 0.2) is 0 Å². The van der Waals surface area contributed by atoms with Gasteiger partial charge in [0.25, 0.3) is 0 Å². The summed E-state index contributed by atoms with van der Waals surface area (Å²) in [6, 6.07) is 0. The van der Waals surface area contributed by atoms with Crippen LogP contribution in [0.4, 0.5) is 0 Å². The summed E-state index contributed by atoms with van der Waals surface area (Å²) in [5.41, 5.74) is 0. The van der Waals surface area contributed by atoms with Crippen LogP contribution in [0.2, 0.25) is 0 Å². The van der Waals surface area contributed by atoms with Gasteiger partial charge in [-0.15, -0.1) is 0 Å². The van der Waals surface area contributed by atoms with Crippen molar-refractivity contribution in [2.75, 3.05) is 0 Å². The molecule has 0 aromatic carbocycles. The van der Waals surface area contributed by atoms with Crippen LogP contribution < -0.4 is 0 Å². The van der Waals surface area contributed by atoms with Crippen LogP contribution in [-0.4, -0.2) is 32.8 Å². The third-order valence-corrected chi connectivity index (χ3v) is 0. The number of hydrogen-bond donors (Lipinski definition) is 0. The van der Waals surface area contributed by atoms with Gasteiger partial charge in [0.1, 0.15) is 0 Å². The van der Waals surface area contributed by atoms with Crippen LogP contribution in [0.25, 0.3) is 0 Å². The van der Waals surface area contributed by atoms with E-state index < -0.39 is 0 Å². The summed E-state index contributed by atoms with van der Waals surface area (Å²) in [6.07, 6.45) is 2.00. The van der Waals surface area contributed by atoms with Crippen molar-refractivity contribution >= 4 is 68.3 Å². The monoisotopic (exact) mass is 267 g/mol. The Kier molecular flexibility index (Phi) is 70.9. The molecule has 0 heterocycles. The van der Waals surface area contributed by atoms with E-state index in [1.54, 1.807) is 0 Å². The molecule has 43 valence electrons. The summed E-state index contributed by atoms with van der Waals surface area (Å²) in [5.74, 6) is 0. The van der Waals surface area contributed by atoms with Gasteiger partial charge in [0.2, 0.25) is 0 Å². The van der Waals surface area contributed by atoms with Gasteiger partial charge in [-0.2, -0.15) is 0 Å². The molecule has 0 nitrogen and oxygen atoms in total. The van der Waals surface area contributed by atoms with Gasteiger partial charge in [-0.05, 0) is 6.42 Å². The van der Waals surface area contributed by atoms with Crippen molar-refractivity contribution in [3.8, 4) is 0 Å². The van der Waals surface area contributed by atoms with Gasteiger partial charge in [-0.3, -0.25) is 25.8 Å². The van der Waals surface area contributed by atoms with Gasteiger partial charge >= 0.3 is 42.6 Å². The molecule has 0 saturated carbocycles. The molecular weight excluding hydrogens is 263 g/mol. The molecule has 0 aromatic rings. The molecule has 0 spiro atoms. The number of halogens is 3. The normalized spacial score (nSPS) is 4.38. The van der Waals surface area contributed by atoms with Crippen molar-refractivity contribution in [1.82, 2.24) is 0 Å². The predicted octanol–water partition coefficient (Wildman–Crippen LogP) is 2.85. The maximum atomic E-state index is 4.64. The van der Waals surface area contributed by atoms with E-state index in [0.29, 0.717) is 0 Å². The second kappa shape index (κ2) is 33.5. The summed E-state index contributed by atoms with van der Waals surface area (Å²) in [5, 5.41) is 0. The molecule has 5 heteroatoms. The topological polar surface area (TPSA) is 0 Å². The van der Waals surface area contributed by atoms with Crippen LogP contribution in [0.1, 0.15) is 13.8 Å². The quantitative estimate of drug-likeness (QED) is 0.593. The van der Waals surface area contributed by atoms with Gasteiger partial charge in [-0.25, -0.2) is 0 Å². The number of rotatable bonds is 0. The molecular formula is C3H7Br2ClLiMg. The molecule has 1 radical (unpaired) electrons. The molecule has 0 saturated heterocycles. The molecule has 0 fully saturated rings. The molecule has 0 N–H and O–H groups in total. The van der Waals surface area contributed by atoms with Gasteiger partial charge in [-0.1, -0.05) is 13.8 Å². The summed E-state index contributed by atoms with van der Waals surface area (Å²) < 4.78 is 0. The fourth-order valence-electron chi connectivity index (χ4n) is 0. The van der Waals surface area contributed by atoms with Crippen LogP contribution in [0.15, 0.2) is 0 Å². The average molecular weight is 270 g/mol. The van der Waals surface area contributed by atoms with Crippen molar-refractivity contribution in [3.63, 3.8) is 0 Å². The first-order chi connectivity index (χ1) is 3.83. The van der Waals surface area contributed by atoms with Crippen molar-refractivity contribution in [1.29, 1.82) is 0 Å². The Balaban J connectivity index is -0.0000000483. The van der Waals surface area contributed by atoms with E-state index in [9.17, 15) is 0 Å². The van der Waals surface area contributed by atoms with E-state index >= 15 is 0 Å². The Hall–Kier alpha value is 2.61. The summed E-state index contributed by atoms with van der Waals surface area (Å²) in [6.45, 7) is 4.00. The maximum absolute atomic E-state index is 4.64. The molecule has 0 amide bonds. The van der Waals surface area contributed by atoms with E-state index in [0.717, 1.165) is 0 Å². The Morgan fingerprint density at radius 3 is 1.38 bits per heavy atom. The Labute approximate surface area is 87.3 Å². The average Bonchev–Trinajstić information content (AvgIpc) is 1.75. The first-order valence-electron chi connectivity index (χ1n) is 2.07. The first-order valence-corrected chi connectivity index (χ1v) is 10.6. The van der Waals surface area contributed by atoms with Crippen molar-refractivity contribution in [2.45, 2.75) is 13.8 Å². The molecule has 0 aliphatic carbocycles.